The second-order valence-corrected chi connectivity index (χ2v) is 8.34. The molecule has 30 heavy (non-hydrogen) atoms. The summed E-state index contributed by atoms with van der Waals surface area (Å²) in [7, 11) is 2.07. The first-order valence-corrected chi connectivity index (χ1v) is 11.1. The molecule has 6 heteroatoms. The molecule has 3 unspecified atom stereocenters. The standard InChI is InChI=1S/C24H29NO4S/c1-18-15-21(19(2)16-29-30(26)27)9-14-24(18)25(3)22-10-12-23(13-11-22)28-17-20-7-5-4-6-8-20/h4-14,18-19H,15-17H2,1-3H3,(H,26,27). The SMILES string of the molecule is CC(COS(=O)O)C1=CC=C(N(C)c2ccc(OCc3ccccc3)cc2)C(C)C1. The van der Waals surface area contributed by atoms with Crippen molar-refractivity contribution in [2.24, 2.45) is 11.8 Å². The second kappa shape index (κ2) is 10.6. The van der Waals surface area contributed by atoms with Crippen LogP contribution < -0.4 is 9.64 Å². The second-order valence-electron chi connectivity index (χ2n) is 7.67. The number of hydrogen-bond donors (Lipinski definition) is 1. The Morgan fingerprint density at radius 2 is 1.83 bits per heavy atom. The summed E-state index contributed by atoms with van der Waals surface area (Å²) in [6.07, 6.45) is 5.14. The molecule has 0 saturated heterocycles. The monoisotopic (exact) mass is 427 g/mol. The van der Waals surface area contributed by atoms with Crippen LogP contribution in [0.4, 0.5) is 5.69 Å². The van der Waals surface area contributed by atoms with E-state index in [2.05, 4.69) is 55.3 Å². The minimum absolute atomic E-state index is 0.104. The van der Waals surface area contributed by atoms with Crippen LogP contribution in [0, 0.1) is 11.8 Å². The molecule has 1 aliphatic rings. The third kappa shape index (κ3) is 6.05. The fourth-order valence-electron chi connectivity index (χ4n) is 3.61. The van der Waals surface area contributed by atoms with Crippen molar-refractivity contribution in [1.82, 2.24) is 0 Å². The predicted octanol–water partition coefficient (Wildman–Crippen LogP) is 5.34. The summed E-state index contributed by atoms with van der Waals surface area (Å²) < 4.78 is 30.3. The molecule has 0 heterocycles. The number of ether oxygens (including phenoxy) is 1. The zero-order chi connectivity index (χ0) is 21.5. The molecule has 1 aliphatic carbocycles. The maximum Gasteiger partial charge on any atom is 0.301 e. The lowest BCUT2D eigenvalue weighted by Crippen LogP contribution is -2.25. The van der Waals surface area contributed by atoms with Crippen LogP contribution in [0.15, 0.2) is 78.0 Å². The molecule has 2 aromatic carbocycles. The largest absolute Gasteiger partial charge is 0.489 e. The Hall–Kier alpha value is -2.41. The van der Waals surface area contributed by atoms with Crippen molar-refractivity contribution in [3.63, 3.8) is 0 Å². The van der Waals surface area contributed by atoms with Crippen molar-refractivity contribution in [2.75, 3.05) is 18.6 Å². The zero-order valence-electron chi connectivity index (χ0n) is 17.7. The summed E-state index contributed by atoms with van der Waals surface area (Å²) in [5, 5.41) is 0. The average Bonchev–Trinajstić information content (AvgIpc) is 2.76. The van der Waals surface area contributed by atoms with Crippen molar-refractivity contribution in [3.05, 3.63) is 83.6 Å². The first-order chi connectivity index (χ1) is 14.4. The van der Waals surface area contributed by atoms with Gasteiger partial charge in [0.2, 0.25) is 0 Å². The van der Waals surface area contributed by atoms with Gasteiger partial charge in [-0.2, -0.15) is 4.21 Å². The van der Waals surface area contributed by atoms with E-state index in [1.807, 2.05) is 37.3 Å². The number of nitrogens with zero attached hydrogens (tertiary/aromatic N) is 1. The number of allylic oxidation sites excluding steroid dienone is 3. The van der Waals surface area contributed by atoms with Crippen molar-refractivity contribution in [2.45, 2.75) is 26.9 Å². The normalized spacial score (nSPS) is 18.2. The quantitative estimate of drug-likeness (QED) is 0.547. The highest BCUT2D eigenvalue weighted by atomic mass is 32.2. The summed E-state index contributed by atoms with van der Waals surface area (Å²) in [4.78, 5) is 2.20. The fraction of sp³-hybridized carbons (Fsp3) is 0.333. The molecule has 0 amide bonds. The molecule has 0 bridgehead atoms. The molecule has 0 radical (unpaired) electrons. The lowest BCUT2D eigenvalue weighted by molar-refractivity contribution is 0.270. The van der Waals surface area contributed by atoms with Crippen LogP contribution >= 0.6 is 0 Å². The smallest absolute Gasteiger partial charge is 0.301 e. The number of rotatable bonds is 9. The molecular formula is C24H29NO4S. The Labute approximate surface area is 181 Å². The maximum atomic E-state index is 10.7. The predicted molar refractivity (Wildman–Crippen MR) is 121 cm³/mol. The van der Waals surface area contributed by atoms with E-state index >= 15 is 0 Å². The van der Waals surface area contributed by atoms with E-state index in [-0.39, 0.29) is 12.5 Å². The molecule has 3 atom stereocenters. The van der Waals surface area contributed by atoms with Crippen molar-refractivity contribution in [1.29, 1.82) is 0 Å². The molecule has 0 spiro atoms. The third-order valence-corrected chi connectivity index (χ3v) is 5.76. The first kappa shape index (κ1) is 22.3. The highest BCUT2D eigenvalue weighted by Gasteiger charge is 2.22. The molecule has 0 aliphatic heterocycles. The van der Waals surface area contributed by atoms with E-state index < -0.39 is 11.4 Å². The van der Waals surface area contributed by atoms with Gasteiger partial charge < -0.3 is 9.64 Å². The molecule has 0 fully saturated rings. The van der Waals surface area contributed by atoms with Crippen LogP contribution in [0.2, 0.25) is 0 Å². The molecule has 3 rings (SSSR count). The summed E-state index contributed by atoms with van der Waals surface area (Å²) in [6.45, 7) is 5.01. The summed E-state index contributed by atoms with van der Waals surface area (Å²) in [6, 6.07) is 18.3. The Morgan fingerprint density at radius 3 is 2.47 bits per heavy atom. The van der Waals surface area contributed by atoms with Crippen molar-refractivity contribution >= 4 is 17.0 Å². The Morgan fingerprint density at radius 1 is 1.13 bits per heavy atom. The van der Waals surface area contributed by atoms with E-state index in [1.165, 1.54) is 11.3 Å². The Kier molecular flexibility index (Phi) is 7.85. The van der Waals surface area contributed by atoms with Gasteiger partial charge in [0.25, 0.3) is 0 Å². The van der Waals surface area contributed by atoms with Crippen molar-refractivity contribution in [3.8, 4) is 5.75 Å². The van der Waals surface area contributed by atoms with Gasteiger partial charge in [0, 0.05) is 30.3 Å². The highest BCUT2D eigenvalue weighted by molar-refractivity contribution is 7.74. The van der Waals surface area contributed by atoms with E-state index in [1.54, 1.807) is 0 Å². The molecule has 160 valence electrons. The lowest BCUT2D eigenvalue weighted by atomic mass is 9.86. The average molecular weight is 428 g/mol. The van der Waals surface area contributed by atoms with Crippen LogP contribution in [-0.4, -0.2) is 22.4 Å². The molecule has 0 saturated carbocycles. The van der Waals surface area contributed by atoms with Gasteiger partial charge in [-0.1, -0.05) is 55.8 Å². The molecule has 5 nitrogen and oxygen atoms in total. The molecule has 0 aromatic heterocycles. The fourth-order valence-corrected chi connectivity index (χ4v) is 3.93. The van der Waals surface area contributed by atoms with Crippen LogP contribution in [0.25, 0.3) is 0 Å². The molecule has 2 aromatic rings. The van der Waals surface area contributed by atoms with E-state index in [0.717, 1.165) is 23.4 Å². The van der Waals surface area contributed by atoms with Gasteiger partial charge in [0.1, 0.15) is 12.4 Å². The first-order valence-electron chi connectivity index (χ1n) is 10.1. The summed E-state index contributed by atoms with van der Waals surface area (Å²) >= 11 is -2.21. The van der Waals surface area contributed by atoms with E-state index in [0.29, 0.717) is 12.5 Å². The summed E-state index contributed by atoms with van der Waals surface area (Å²) in [5.74, 6) is 1.29. The topological polar surface area (TPSA) is 59.0 Å². The van der Waals surface area contributed by atoms with Gasteiger partial charge in [0.15, 0.2) is 0 Å². The van der Waals surface area contributed by atoms with Crippen molar-refractivity contribution < 1.29 is 17.7 Å². The molecule has 1 N–H and O–H groups in total. The van der Waals surface area contributed by atoms with E-state index in [9.17, 15) is 4.21 Å². The van der Waals surface area contributed by atoms with Crippen LogP contribution in [0.5, 0.6) is 5.75 Å². The number of hydrogen-bond acceptors (Lipinski definition) is 4. The minimum Gasteiger partial charge on any atom is -0.489 e. The van der Waals surface area contributed by atoms with Crippen LogP contribution in [0.1, 0.15) is 25.8 Å². The van der Waals surface area contributed by atoms with Gasteiger partial charge in [-0.3, -0.25) is 8.74 Å². The van der Waals surface area contributed by atoms with E-state index in [4.69, 9.17) is 13.5 Å². The van der Waals surface area contributed by atoms with Gasteiger partial charge in [-0.15, -0.1) is 0 Å². The highest BCUT2D eigenvalue weighted by Crippen LogP contribution is 2.33. The van der Waals surface area contributed by atoms with Gasteiger partial charge >= 0.3 is 11.4 Å². The Balaban J connectivity index is 1.62. The molecular weight excluding hydrogens is 398 g/mol. The zero-order valence-corrected chi connectivity index (χ0v) is 18.5. The lowest BCUT2D eigenvalue weighted by Gasteiger charge is -2.31. The van der Waals surface area contributed by atoms with Gasteiger partial charge in [0.05, 0.1) is 6.61 Å². The summed E-state index contributed by atoms with van der Waals surface area (Å²) in [5.41, 5.74) is 4.71. The van der Waals surface area contributed by atoms with Crippen LogP contribution in [0.3, 0.4) is 0 Å². The van der Waals surface area contributed by atoms with Crippen LogP contribution in [-0.2, 0) is 22.2 Å². The van der Waals surface area contributed by atoms with Gasteiger partial charge in [-0.25, -0.2) is 0 Å². The number of benzene rings is 2. The van der Waals surface area contributed by atoms with Gasteiger partial charge in [-0.05, 0) is 42.3 Å². The third-order valence-electron chi connectivity index (χ3n) is 5.43. The maximum absolute atomic E-state index is 10.7. The number of anilines is 1. The Bertz CT molecular complexity index is 909. The minimum atomic E-state index is -2.21.